The lowest BCUT2D eigenvalue weighted by atomic mass is 10.1. The van der Waals surface area contributed by atoms with Crippen molar-refractivity contribution in [3.05, 3.63) is 53.9 Å². The number of carbonyl (C=O) groups is 1. The Hall–Kier alpha value is -1.85. The van der Waals surface area contributed by atoms with Gasteiger partial charge in [0.05, 0.1) is 0 Å². The second kappa shape index (κ2) is 8.35. The fourth-order valence-corrected chi connectivity index (χ4v) is 1.86. The highest BCUT2D eigenvalue weighted by Crippen LogP contribution is 2.05. The number of nitrogens with zero attached hydrogens (tertiary/aromatic N) is 2. The van der Waals surface area contributed by atoms with Crippen LogP contribution in [0.25, 0.3) is 0 Å². The first kappa shape index (κ1) is 16.2. The minimum atomic E-state index is -0.143. The van der Waals surface area contributed by atoms with Crippen LogP contribution >= 0.6 is 12.4 Å². The summed E-state index contributed by atoms with van der Waals surface area (Å²) in [5.74, 6) is -0.143. The van der Waals surface area contributed by atoms with Crippen molar-refractivity contribution in [3.8, 4) is 0 Å². The van der Waals surface area contributed by atoms with E-state index >= 15 is 0 Å². The van der Waals surface area contributed by atoms with Gasteiger partial charge < -0.3 is 15.2 Å². The number of rotatable bonds is 6. The number of nitrogens with two attached hydrogens (primary N) is 1. The monoisotopic (exact) mass is 295 g/mol. The molecule has 0 aliphatic carbocycles. The van der Waals surface area contributed by atoms with Gasteiger partial charge in [-0.1, -0.05) is 35.5 Å². The van der Waals surface area contributed by atoms with Gasteiger partial charge >= 0.3 is 0 Å². The van der Waals surface area contributed by atoms with Crippen molar-refractivity contribution in [1.82, 2.24) is 10.1 Å². The average Bonchev–Trinajstić information content (AvgIpc) is 2.98. The number of benzene rings is 1. The molecule has 0 spiro atoms. The molecule has 2 N–H and O–H groups in total. The van der Waals surface area contributed by atoms with Crippen LogP contribution < -0.4 is 5.73 Å². The molecule has 0 atom stereocenters. The van der Waals surface area contributed by atoms with Crippen LogP contribution in [-0.2, 0) is 6.42 Å². The lowest BCUT2D eigenvalue weighted by molar-refractivity contribution is 0.0751. The van der Waals surface area contributed by atoms with Crippen molar-refractivity contribution in [2.75, 3.05) is 19.6 Å². The Morgan fingerprint density at radius 1 is 1.20 bits per heavy atom. The molecule has 0 unspecified atom stereocenters. The molecule has 2 rings (SSSR count). The lowest BCUT2D eigenvalue weighted by Gasteiger charge is -2.20. The molecule has 20 heavy (non-hydrogen) atoms. The van der Waals surface area contributed by atoms with E-state index in [9.17, 15) is 4.79 Å². The zero-order valence-electron chi connectivity index (χ0n) is 11.1. The summed E-state index contributed by atoms with van der Waals surface area (Å²) in [5.41, 5.74) is 7.06. The molecular weight excluding hydrogens is 278 g/mol. The molecule has 6 heteroatoms. The number of hydrogen-bond acceptors (Lipinski definition) is 4. The van der Waals surface area contributed by atoms with Crippen molar-refractivity contribution >= 4 is 18.3 Å². The third kappa shape index (κ3) is 4.36. The van der Waals surface area contributed by atoms with Crippen LogP contribution in [0.4, 0.5) is 0 Å². The van der Waals surface area contributed by atoms with Gasteiger partial charge in [0.25, 0.3) is 5.91 Å². The van der Waals surface area contributed by atoms with Gasteiger partial charge in [-0.25, -0.2) is 0 Å². The molecule has 0 bridgehead atoms. The van der Waals surface area contributed by atoms with E-state index < -0.39 is 0 Å². The highest BCUT2D eigenvalue weighted by atomic mass is 35.5. The molecule has 0 radical (unpaired) electrons. The van der Waals surface area contributed by atoms with Crippen molar-refractivity contribution < 1.29 is 9.32 Å². The first-order valence-electron chi connectivity index (χ1n) is 6.25. The molecular formula is C14H18ClN3O2. The highest BCUT2D eigenvalue weighted by molar-refractivity contribution is 5.92. The van der Waals surface area contributed by atoms with Gasteiger partial charge in [0.2, 0.25) is 0 Å². The van der Waals surface area contributed by atoms with Crippen LogP contribution in [0, 0.1) is 0 Å². The summed E-state index contributed by atoms with van der Waals surface area (Å²) in [6, 6.07) is 11.6. The molecule has 1 aromatic heterocycles. The SMILES string of the molecule is Cl.NCCN(CCc1ccccc1)C(=O)c1ccon1. The van der Waals surface area contributed by atoms with Gasteiger partial charge in [0, 0.05) is 25.7 Å². The third-order valence-corrected chi connectivity index (χ3v) is 2.86. The summed E-state index contributed by atoms with van der Waals surface area (Å²) in [6.07, 6.45) is 2.19. The number of hydrogen-bond donors (Lipinski definition) is 1. The number of amides is 1. The van der Waals surface area contributed by atoms with Crippen molar-refractivity contribution in [2.24, 2.45) is 5.73 Å². The maximum absolute atomic E-state index is 12.2. The van der Waals surface area contributed by atoms with Crippen LogP contribution in [0.5, 0.6) is 0 Å². The number of halogens is 1. The van der Waals surface area contributed by atoms with E-state index in [1.165, 1.54) is 11.8 Å². The Labute approximate surface area is 124 Å². The predicted molar refractivity (Wildman–Crippen MR) is 78.9 cm³/mol. The number of carbonyl (C=O) groups excluding carboxylic acids is 1. The molecule has 0 fully saturated rings. The fraction of sp³-hybridized carbons (Fsp3) is 0.286. The van der Waals surface area contributed by atoms with Crippen LogP contribution in [0.3, 0.4) is 0 Å². The van der Waals surface area contributed by atoms with Crippen LogP contribution in [0.1, 0.15) is 16.1 Å². The normalized spacial score (nSPS) is 9.85. The molecule has 0 aliphatic rings. The summed E-state index contributed by atoms with van der Waals surface area (Å²) in [7, 11) is 0. The van der Waals surface area contributed by atoms with E-state index in [1.54, 1.807) is 11.0 Å². The minimum absolute atomic E-state index is 0. The van der Waals surface area contributed by atoms with Crippen LogP contribution in [-0.4, -0.2) is 35.6 Å². The zero-order chi connectivity index (χ0) is 13.5. The van der Waals surface area contributed by atoms with Crippen LogP contribution in [0.15, 0.2) is 47.2 Å². The van der Waals surface area contributed by atoms with Gasteiger partial charge in [-0.05, 0) is 12.0 Å². The summed E-state index contributed by atoms with van der Waals surface area (Å²) >= 11 is 0. The summed E-state index contributed by atoms with van der Waals surface area (Å²) in [6.45, 7) is 1.56. The smallest absolute Gasteiger partial charge is 0.276 e. The number of aromatic nitrogens is 1. The van der Waals surface area contributed by atoms with Crippen molar-refractivity contribution in [3.63, 3.8) is 0 Å². The Bertz CT molecular complexity index is 502. The quantitative estimate of drug-likeness (QED) is 0.881. The van der Waals surface area contributed by atoms with Gasteiger partial charge in [-0.15, -0.1) is 12.4 Å². The molecule has 0 aliphatic heterocycles. The maximum Gasteiger partial charge on any atom is 0.276 e. The van der Waals surface area contributed by atoms with E-state index in [-0.39, 0.29) is 18.3 Å². The Morgan fingerprint density at radius 3 is 2.55 bits per heavy atom. The van der Waals surface area contributed by atoms with E-state index in [1.807, 2.05) is 30.3 Å². The Morgan fingerprint density at radius 2 is 1.95 bits per heavy atom. The molecule has 2 aromatic rings. The fourth-order valence-electron chi connectivity index (χ4n) is 1.86. The summed E-state index contributed by atoms with van der Waals surface area (Å²) in [5, 5.41) is 3.67. The molecule has 1 amide bonds. The predicted octanol–water partition coefficient (Wildman–Crippen LogP) is 1.74. The summed E-state index contributed by atoms with van der Waals surface area (Å²) in [4.78, 5) is 13.9. The minimum Gasteiger partial charge on any atom is -0.364 e. The van der Waals surface area contributed by atoms with Gasteiger partial charge in [0.1, 0.15) is 6.26 Å². The Balaban J connectivity index is 0.00000200. The first-order valence-corrected chi connectivity index (χ1v) is 6.25. The average molecular weight is 296 g/mol. The van der Waals surface area contributed by atoms with Crippen molar-refractivity contribution in [1.29, 1.82) is 0 Å². The topological polar surface area (TPSA) is 72.4 Å². The summed E-state index contributed by atoms with van der Waals surface area (Å²) < 4.78 is 4.70. The highest BCUT2D eigenvalue weighted by Gasteiger charge is 2.17. The van der Waals surface area contributed by atoms with Gasteiger partial charge in [-0.2, -0.15) is 0 Å². The Kier molecular flexibility index (Phi) is 6.76. The van der Waals surface area contributed by atoms with Crippen molar-refractivity contribution in [2.45, 2.75) is 6.42 Å². The molecule has 0 saturated carbocycles. The molecule has 5 nitrogen and oxygen atoms in total. The first-order chi connectivity index (χ1) is 9.31. The van der Waals surface area contributed by atoms with Gasteiger partial charge in [0.15, 0.2) is 5.69 Å². The largest absolute Gasteiger partial charge is 0.364 e. The van der Waals surface area contributed by atoms with E-state index in [2.05, 4.69) is 5.16 Å². The maximum atomic E-state index is 12.2. The molecule has 1 aromatic carbocycles. The molecule has 108 valence electrons. The standard InChI is InChI=1S/C14H17N3O2.ClH/c15-8-10-17(14(18)13-7-11-19-16-13)9-6-12-4-2-1-3-5-12;/h1-5,7,11H,6,8-10,15H2;1H. The van der Waals surface area contributed by atoms with E-state index in [4.69, 9.17) is 10.3 Å². The molecule has 0 saturated heterocycles. The zero-order valence-corrected chi connectivity index (χ0v) is 11.9. The van der Waals surface area contributed by atoms with E-state index in [0.29, 0.717) is 25.3 Å². The van der Waals surface area contributed by atoms with Gasteiger partial charge in [-0.3, -0.25) is 4.79 Å². The second-order valence-electron chi connectivity index (χ2n) is 4.20. The third-order valence-electron chi connectivity index (χ3n) is 2.86. The lowest BCUT2D eigenvalue weighted by Crippen LogP contribution is -2.37. The second-order valence-corrected chi connectivity index (χ2v) is 4.20. The van der Waals surface area contributed by atoms with Crippen LogP contribution in [0.2, 0.25) is 0 Å². The molecule has 1 heterocycles. The van der Waals surface area contributed by atoms with E-state index in [0.717, 1.165) is 6.42 Å².